The molecule has 2 fully saturated rings. The second-order valence-corrected chi connectivity index (χ2v) is 6.67. The van der Waals surface area contributed by atoms with Crippen LogP contribution in [0.3, 0.4) is 0 Å². The van der Waals surface area contributed by atoms with E-state index in [9.17, 15) is 0 Å². The molecule has 1 unspecified atom stereocenters. The van der Waals surface area contributed by atoms with Crippen molar-refractivity contribution in [3.8, 4) is 0 Å². The summed E-state index contributed by atoms with van der Waals surface area (Å²) in [6.07, 6.45) is 16.5. The van der Waals surface area contributed by atoms with Crippen molar-refractivity contribution in [3.63, 3.8) is 0 Å². The summed E-state index contributed by atoms with van der Waals surface area (Å²) in [5.41, 5.74) is 0. The van der Waals surface area contributed by atoms with Gasteiger partial charge in [-0.2, -0.15) is 0 Å². The van der Waals surface area contributed by atoms with E-state index >= 15 is 0 Å². The third-order valence-electron chi connectivity index (χ3n) is 5.21. The van der Waals surface area contributed by atoms with Crippen molar-refractivity contribution in [1.82, 2.24) is 0 Å². The van der Waals surface area contributed by atoms with Gasteiger partial charge in [-0.1, -0.05) is 51.9 Å². The van der Waals surface area contributed by atoms with E-state index in [0.29, 0.717) is 12.2 Å². The van der Waals surface area contributed by atoms with Crippen molar-refractivity contribution < 1.29 is 4.74 Å². The molecule has 0 N–H and O–H groups in total. The minimum absolute atomic E-state index is 0.510. The van der Waals surface area contributed by atoms with Crippen molar-refractivity contribution in [2.24, 2.45) is 11.8 Å². The van der Waals surface area contributed by atoms with E-state index in [4.69, 9.17) is 4.74 Å². The van der Waals surface area contributed by atoms with E-state index in [1.807, 2.05) is 0 Å². The Kier molecular flexibility index (Phi) is 6.01. The molecule has 2 aliphatic rings. The van der Waals surface area contributed by atoms with E-state index in [-0.39, 0.29) is 0 Å². The lowest BCUT2D eigenvalue weighted by atomic mass is 9.78. The molecule has 1 nitrogen and oxygen atoms in total. The van der Waals surface area contributed by atoms with Crippen LogP contribution in [0.25, 0.3) is 0 Å². The normalized spacial score (nSPS) is 32.3. The maximum atomic E-state index is 6.33. The highest BCUT2D eigenvalue weighted by Gasteiger charge is 2.27. The Balaban J connectivity index is 1.68. The molecule has 2 aliphatic carbocycles. The molecule has 1 heteroatoms. The topological polar surface area (TPSA) is 9.23 Å². The van der Waals surface area contributed by atoms with Crippen molar-refractivity contribution in [3.05, 3.63) is 0 Å². The first-order valence-electron chi connectivity index (χ1n) is 8.45. The average Bonchev–Trinajstić information content (AvgIpc) is 2.41. The zero-order chi connectivity index (χ0) is 12.8. The van der Waals surface area contributed by atoms with Gasteiger partial charge in [0.1, 0.15) is 0 Å². The summed E-state index contributed by atoms with van der Waals surface area (Å²) in [5.74, 6) is 1.87. The van der Waals surface area contributed by atoms with Crippen LogP contribution in [0.2, 0.25) is 0 Å². The Morgan fingerprint density at radius 3 is 2.22 bits per heavy atom. The molecule has 0 heterocycles. The van der Waals surface area contributed by atoms with Gasteiger partial charge in [0.15, 0.2) is 0 Å². The molecule has 0 spiro atoms. The Labute approximate surface area is 114 Å². The molecule has 18 heavy (non-hydrogen) atoms. The van der Waals surface area contributed by atoms with Gasteiger partial charge in [-0.25, -0.2) is 0 Å². The van der Waals surface area contributed by atoms with Crippen molar-refractivity contribution in [2.75, 3.05) is 0 Å². The zero-order valence-electron chi connectivity index (χ0n) is 12.5. The first-order chi connectivity index (χ1) is 8.79. The van der Waals surface area contributed by atoms with E-state index in [2.05, 4.69) is 13.8 Å². The average molecular weight is 252 g/mol. The Morgan fingerprint density at radius 1 is 0.944 bits per heavy atom. The highest BCUT2D eigenvalue weighted by Crippen LogP contribution is 2.35. The Morgan fingerprint density at radius 2 is 1.61 bits per heavy atom. The van der Waals surface area contributed by atoms with Crippen LogP contribution in [0.15, 0.2) is 0 Å². The van der Waals surface area contributed by atoms with Gasteiger partial charge < -0.3 is 4.74 Å². The molecule has 0 aromatic rings. The van der Waals surface area contributed by atoms with Crippen LogP contribution in [-0.2, 0) is 4.74 Å². The van der Waals surface area contributed by atoms with Crippen LogP contribution in [0.1, 0.15) is 84.5 Å². The second-order valence-electron chi connectivity index (χ2n) is 6.67. The first-order valence-corrected chi connectivity index (χ1v) is 8.45. The van der Waals surface area contributed by atoms with Crippen LogP contribution < -0.4 is 0 Å². The van der Waals surface area contributed by atoms with E-state index in [1.165, 1.54) is 70.6 Å². The Hall–Kier alpha value is -0.0400. The minimum atomic E-state index is 0.510. The molecule has 0 aromatic carbocycles. The summed E-state index contributed by atoms with van der Waals surface area (Å²) in [7, 11) is 0. The lowest BCUT2D eigenvalue weighted by molar-refractivity contribution is -0.0573. The van der Waals surface area contributed by atoms with Gasteiger partial charge in [0, 0.05) is 0 Å². The highest BCUT2D eigenvalue weighted by atomic mass is 16.5. The predicted octanol–water partition coefficient (Wildman–Crippen LogP) is 5.33. The summed E-state index contributed by atoms with van der Waals surface area (Å²) < 4.78 is 6.33. The largest absolute Gasteiger partial charge is 0.375 e. The molecular formula is C17H32O. The number of rotatable bonds is 5. The number of hydrogen-bond donors (Lipinski definition) is 0. The van der Waals surface area contributed by atoms with Crippen LogP contribution in [0, 0.1) is 11.8 Å². The second kappa shape index (κ2) is 7.53. The summed E-state index contributed by atoms with van der Waals surface area (Å²) in [5, 5.41) is 0. The van der Waals surface area contributed by atoms with E-state index in [0.717, 1.165) is 11.8 Å². The molecule has 106 valence electrons. The summed E-state index contributed by atoms with van der Waals surface area (Å²) in [4.78, 5) is 0. The molecule has 0 radical (unpaired) electrons. The SMILES string of the molecule is CCCC1CCC(C(C)OC2CCCCC2)CC1. The fourth-order valence-corrected chi connectivity index (χ4v) is 3.97. The molecule has 0 bridgehead atoms. The van der Waals surface area contributed by atoms with Crippen molar-refractivity contribution in [2.45, 2.75) is 96.7 Å². The van der Waals surface area contributed by atoms with Crippen molar-refractivity contribution in [1.29, 1.82) is 0 Å². The molecule has 0 amide bonds. The quantitative estimate of drug-likeness (QED) is 0.642. The first kappa shape index (κ1) is 14.4. The molecule has 2 rings (SSSR count). The summed E-state index contributed by atoms with van der Waals surface area (Å²) in [6.45, 7) is 4.65. The Bertz CT molecular complexity index is 212. The van der Waals surface area contributed by atoms with Crippen molar-refractivity contribution >= 4 is 0 Å². The van der Waals surface area contributed by atoms with Gasteiger partial charge in [0.2, 0.25) is 0 Å². The van der Waals surface area contributed by atoms with Crippen LogP contribution in [0.5, 0.6) is 0 Å². The van der Waals surface area contributed by atoms with Crippen LogP contribution in [0.4, 0.5) is 0 Å². The standard InChI is InChI=1S/C17H32O/c1-3-7-15-10-12-16(13-11-15)14(2)18-17-8-5-4-6-9-17/h14-17H,3-13H2,1-2H3. The van der Waals surface area contributed by atoms with E-state index in [1.54, 1.807) is 0 Å². The molecule has 0 aromatic heterocycles. The molecular weight excluding hydrogens is 220 g/mol. The summed E-state index contributed by atoms with van der Waals surface area (Å²) in [6, 6.07) is 0. The van der Waals surface area contributed by atoms with Gasteiger partial charge in [0.05, 0.1) is 12.2 Å². The smallest absolute Gasteiger partial charge is 0.0578 e. The van der Waals surface area contributed by atoms with Gasteiger partial charge in [0.25, 0.3) is 0 Å². The van der Waals surface area contributed by atoms with Crippen LogP contribution >= 0.6 is 0 Å². The number of ether oxygens (including phenoxy) is 1. The molecule has 1 atom stereocenters. The monoisotopic (exact) mass is 252 g/mol. The van der Waals surface area contributed by atoms with Crippen LogP contribution in [-0.4, -0.2) is 12.2 Å². The highest BCUT2D eigenvalue weighted by molar-refractivity contribution is 4.77. The van der Waals surface area contributed by atoms with Gasteiger partial charge >= 0.3 is 0 Å². The summed E-state index contributed by atoms with van der Waals surface area (Å²) >= 11 is 0. The van der Waals surface area contributed by atoms with Gasteiger partial charge in [-0.3, -0.25) is 0 Å². The van der Waals surface area contributed by atoms with Gasteiger partial charge in [-0.05, 0) is 44.4 Å². The third kappa shape index (κ3) is 4.26. The maximum Gasteiger partial charge on any atom is 0.0578 e. The molecule has 2 saturated carbocycles. The third-order valence-corrected chi connectivity index (χ3v) is 5.21. The minimum Gasteiger partial charge on any atom is -0.375 e. The lowest BCUT2D eigenvalue weighted by Gasteiger charge is -2.35. The number of hydrogen-bond acceptors (Lipinski definition) is 1. The fraction of sp³-hybridized carbons (Fsp3) is 1.00. The lowest BCUT2D eigenvalue weighted by Crippen LogP contribution is -2.30. The fourth-order valence-electron chi connectivity index (χ4n) is 3.97. The maximum absolute atomic E-state index is 6.33. The molecule has 0 aliphatic heterocycles. The van der Waals surface area contributed by atoms with E-state index < -0.39 is 0 Å². The predicted molar refractivity (Wildman–Crippen MR) is 77.8 cm³/mol. The zero-order valence-corrected chi connectivity index (χ0v) is 12.5. The molecule has 0 saturated heterocycles. The van der Waals surface area contributed by atoms with Gasteiger partial charge in [-0.15, -0.1) is 0 Å².